The Morgan fingerprint density at radius 1 is 0.500 bits per heavy atom. The highest BCUT2D eigenvalue weighted by atomic mass is 15.6. The zero-order valence-electron chi connectivity index (χ0n) is 29.6. The van der Waals surface area contributed by atoms with Gasteiger partial charge < -0.3 is 0 Å². The predicted molar refractivity (Wildman–Crippen MR) is 216 cm³/mol. The van der Waals surface area contributed by atoms with Gasteiger partial charge in [0.05, 0.1) is 5.69 Å². The van der Waals surface area contributed by atoms with Crippen molar-refractivity contribution in [3.63, 3.8) is 0 Å². The molecule has 1 heterocycles. The highest BCUT2D eigenvalue weighted by Crippen LogP contribution is 2.36. The summed E-state index contributed by atoms with van der Waals surface area (Å²) in [5, 5.41) is 12.6. The smallest absolute Gasteiger partial charge is 0.201 e. The third-order valence-corrected chi connectivity index (χ3v) is 9.91. The van der Waals surface area contributed by atoms with E-state index in [2.05, 4.69) is 206 Å². The molecule has 0 fully saturated rings. The molecule has 0 spiro atoms. The van der Waals surface area contributed by atoms with Crippen LogP contribution in [0.25, 0.3) is 44.5 Å². The van der Waals surface area contributed by atoms with Crippen LogP contribution in [0, 0.1) is 0 Å². The van der Waals surface area contributed by atoms with E-state index in [4.69, 9.17) is 10.2 Å². The van der Waals surface area contributed by atoms with Crippen LogP contribution in [0.1, 0.15) is 37.3 Å². The van der Waals surface area contributed by atoms with E-state index in [1.165, 1.54) is 5.56 Å². The Balaban J connectivity index is 1.29. The standard InChI is InChI=1S/C48H41N4/c1-3-35(2)36-24-26-41(27-25-36)48-49-51(46-30-42(37-16-8-4-9-17-37)28-43(31-46)38-18-10-5-11-19-38)34-52(50-48)47-32-44(39-20-12-6-13-21-39)29-45(33-47)40-22-14-7-15-23-40/h4-33,35H,3,34H2,1-2H3/q+1. The lowest BCUT2D eigenvalue weighted by Crippen LogP contribution is -2.31. The highest BCUT2D eigenvalue weighted by Gasteiger charge is 2.28. The van der Waals surface area contributed by atoms with Gasteiger partial charge in [-0.2, -0.15) is 0 Å². The second-order valence-corrected chi connectivity index (χ2v) is 13.4. The fourth-order valence-corrected chi connectivity index (χ4v) is 6.74. The second-order valence-electron chi connectivity index (χ2n) is 13.4. The van der Waals surface area contributed by atoms with Gasteiger partial charge in [-0.15, -0.1) is 5.10 Å². The van der Waals surface area contributed by atoms with Crippen molar-refractivity contribution in [2.75, 3.05) is 11.7 Å². The fraction of sp³-hybridized carbons (Fsp3) is 0.104. The molecule has 1 aliphatic rings. The quantitative estimate of drug-likeness (QED) is 0.140. The van der Waals surface area contributed by atoms with Crippen LogP contribution in [0.4, 0.5) is 11.4 Å². The number of hydrogen-bond donors (Lipinski definition) is 0. The fourth-order valence-electron chi connectivity index (χ4n) is 6.74. The van der Waals surface area contributed by atoms with Crippen LogP contribution in [0.3, 0.4) is 0 Å². The minimum Gasteiger partial charge on any atom is -0.201 e. The number of azo groups is 2. The van der Waals surface area contributed by atoms with Crippen molar-refractivity contribution >= 4 is 17.2 Å². The zero-order chi connectivity index (χ0) is 35.3. The summed E-state index contributed by atoms with van der Waals surface area (Å²) in [5.74, 6) is 1.15. The minimum absolute atomic E-state index is 0.438. The lowest BCUT2D eigenvalue weighted by atomic mass is 9.97. The average Bonchev–Trinajstić information content (AvgIpc) is 3.24. The number of anilines is 1. The summed E-state index contributed by atoms with van der Waals surface area (Å²) in [6.07, 6.45) is 1.09. The maximum atomic E-state index is 5.27. The SMILES string of the molecule is CCC(C)c1ccc(C2=NN(c3cc(-c4ccccc4)cc(-c4ccccc4)c3)C[N+](c3cc(-c4ccccc4)cc(-c4ccccc4)c3)=N2)cc1. The largest absolute Gasteiger partial charge is 0.269 e. The number of benzene rings is 7. The van der Waals surface area contributed by atoms with Gasteiger partial charge in [-0.3, -0.25) is 0 Å². The van der Waals surface area contributed by atoms with Crippen LogP contribution >= 0.6 is 0 Å². The lowest BCUT2D eigenvalue weighted by molar-refractivity contribution is -0.507. The summed E-state index contributed by atoms with van der Waals surface area (Å²) in [6.45, 7) is 4.94. The van der Waals surface area contributed by atoms with Crippen molar-refractivity contribution < 1.29 is 4.70 Å². The topological polar surface area (TPSA) is 31.0 Å². The highest BCUT2D eigenvalue weighted by molar-refractivity contribution is 5.99. The molecule has 0 saturated carbocycles. The first-order valence-electron chi connectivity index (χ1n) is 18.1. The van der Waals surface area contributed by atoms with Crippen molar-refractivity contribution in [3.05, 3.63) is 193 Å². The maximum Gasteiger partial charge on any atom is 0.269 e. The van der Waals surface area contributed by atoms with Gasteiger partial charge in [0, 0.05) is 22.8 Å². The van der Waals surface area contributed by atoms with Crippen LogP contribution in [-0.2, 0) is 0 Å². The summed E-state index contributed by atoms with van der Waals surface area (Å²) in [7, 11) is 0. The molecule has 8 rings (SSSR count). The van der Waals surface area contributed by atoms with Crippen molar-refractivity contribution in [1.82, 2.24) is 0 Å². The Labute approximate surface area is 306 Å². The molecule has 1 aliphatic heterocycles. The Bertz CT molecular complexity index is 2230. The number of hydrogen-bond acceptors (Lipinski definition) is 3. The molecular weight excluding hydrogens is 633 g/mol. The van der Waals surface area contributed by atoms with E-state index in [1.807, 2.05) is 0 Å². The van der Waals surface area contributed by atoms with E-state index in [0.29, 0.717) is 18.4 Å². The monoisotopic (exact) mass is 673 g/mol. The summed E-state index contributed by atoms with van der Waals surface area (Å²) in [5.41, 5.74) is 13.5. The molecule has 252 valence electrons. The summed E-state index contributed by atoms with van der Waals surface area (Å²) in [4.78, 5) is 0. The van der Waals surface area contributed by atoms with Crippen LogP contribution < -0.4 is 5.01 Å². The molecule has 1 atom stereocenters. The lowest BCUT2D eigenvalue weighted by Gasteiger charge is -2.22. The summed E-state index contributed by atoms with van der Waals surface area (Å²) >= 11 is 0. The van der Waals surface area contributed by atoms with Crippen molar-refractivity contribution in [3.8, 4) is 44.5 Å². The van der Waals surface area contributed by atoms with Gasteiger partial charge in [-0.1, -0.05) is 164 Å². The molecule has 0 aliphatic carbocycles. The average molecular weight is 674 g/mol. The van der Waals surface area contributed by atoms with E-state index in [9.17, 15) is 0 Å². The van der Waals surface area contributed by atoms with E-state index in [-0.39, 0.29) is 0 Å². The minimum atomic E-state index is 0.438. The van der Waals surface area contributed by atoms with Gasteiger partial charge in [-0.05, 0) is 86.7 Å². The van der Waals surface area contributed by atoms with Gasteiger partial charge in [0.15, 0.2) is 0 Å². The normalized spacial score (nSPS) is 13.3. The van der Waals surface area contributed by atoms with Crippen molar-refractivity contribution in [1.29, 1.82) is 0 Å². The molecule has 0 bridgehead atoms. The zero-order valence-corrected chi connectivity index (χ0v) is 29.6. The molecule has 7 aromatic carbocycles. The third kappa shape index (κ3) is 7.10. The van der Waals surface area contributed by atoms with E-state index in [1.54, 1.807) is 0 Å². The summed E-state index contributed by atoms with van der Waals surface area (Å²) in [6, 6.07) is 64.6. The van der Waals surface area contributed by atoms with E-state index >= 15 is 0 Å². The molecule has 4 nitrogen and oxygen atoms in total. The van der Waals surface area contributed by atoms with Crippen LogP contribution in [0.15, 0.2) is 192 Å². The maximum absolute atomic E-state index is 5.27. The number of hydrazone groups is 1. The first kappa shape index (κ1) is 32.8. The number of nitrogens with zero attached hydrogens (tertiary/aromatic N) is 4. The summed E-state index contributed by atoms with van der Waals surface area (Å²) < 4.78 is 2.10. The number of amidine groups is 1. The molecule has 0 saturated heterocycles. The first-order valence-corrected chi connectivity index (χ1v) is 18.1. The van der Waals surface area contributed by atoms with Gasteiger partial charge >= 0.3 is 0 Å². The van der Waals surface area contributed by atoms with Crippen molar-refractivity contribution in [2.45, 2.75) is 26.2 Å². The Morgan fingerprint density at radius 2 is 0.923 bits per heavy atom. The Hall–Kier alpha value is -6.39. The van der Waals surface area contributed by atoms with E-state index in [0.717, 1.165) is 67.9 Å². The number of rotatable bonds is 9. The van der Waals surface area contributed by atoms with Crippen LogP contribution in [-0.4, -0.2) is 17.2 Å². The molecule has 0 amide bonds. The van der Waals surface area contributed by atoms with Gasteiger partial charge in [-0.25, -0.2) is 5.01 Å². The van der Waals surface area contributed by atoms with Gasteiger partial charge in [0.2, 0.25) is 11.5 Å². The first-order chi connectivity index (χ1) is 25.6. The molecular formula is C48H41N4+. The molecule has 52 heavy (non-hydrogen) atoms. The molecule has 0 aromatic heterocycles. The van der Waals surface area contributed by atoms with Crippen LogP contribution in [0.2, 0.25) is 0 Å². The van der Waals surface area contributed by atoms with E-state index < -0.39 is 0 Å². The Morgan fingerprint density at radius 3 is 1.35 bits per heavy atom. The van der Waals surface area contributed by atoms with Crippen molar-refractivity contribution in [2.24, 2.45) is 10.2 Å². The van der Waals surface area contributed by atoms with Gasteiger partial charge in [0.25, 0.3) is 6.67 Å². The second kappa shape index (κ2) is 14.8. The molecule has 4 heteroatoms. The predicted octanol–water partition coefficient (Wildman–Crippen LogP) is 12.8. The Kier molecular flexibility index (Phi) is 9.36. The third-order valence-electron chi connectivity index (χ3n) is 9.91. The van der Waals surface area contributed by atoms with Crippen LogP contribution in [0.5, 0.6) is 0 Å². The molecule has 1 unspecified atom stereocenters. The molecule has 0 N–H and O–H groups in total. The molecule has 0 radical (unpaired) electrons. The van der Waals surface area contributed by atoms with Gasteiger partial charge in [0.1, 0.15) is 0 Å². The molecule has 7 aromatic rings.